The van der Waals surface area contributed by atoms with E-state index in [9.17, 15) is 5.11 Å². The van der Waals surface area contributed by atoms with Crippen molar-refractivity contribution < 1.29 is 9.59 Å². The van der Waals surface area contributed by atoms with Crippen molar-refractivity contribution in [1.29, 1.82) is 0 Å². The van der Waals surface area contributed by atoms with Gasteiger partial charge < -0.3 is 9.59 Å². The molecule has 2 aliphatic heterocycles. The summed E-state index contributed by atoms with van der Waals surface area (Å²) in [7, 11) is 0. The maximum atomic E-state index is 11.7. The molecule has 0 bridgehead atoms. The summed E-state index contributed by atoms with van der Waals surface area (Å²) >= 11 is 0. The average Bonchev–Trinajstić information content (AvgIpc) is 3.37. The van der Waals surface area contributed by atoms with Crippen molar-refractivity contribution in [1.82, 2.24) is 4.98 Å². The van der Waals surface area contributed by atoms with Crippen molar-refractivity contribution in [3.05, 3.63) is 90.6 Å². The van der Waals surface area contributed by atoms with Crippen LogP contribution in [-0.2, 0) is 6.54 Å². The zero-order valence-corrected chi connectivity index (χ0v) is 16.6. The Balaban J connectivity index is 1.42. The quantitative estimate of drug-likeness (QED) is 0.515. The third-order valence-corrected chi connectivity index (χ3v) is 8.31. The van der Waals surface area contributed by atoms with Gasteiger partial charge in [-0.3, -0.25) is 4.98 Å². The number of benzene rings is 2. The number of hydrogen-bond acceptors (Lipinski definition) is 2. The van der Waals surface area contributed by atoms with Gasteiger partial charge in [-0.1, -0.05) is 54.6 Å². The number of hydrogen-bond donors (Lipinski definition) is 1. The Morgan fingerprint density at radius 3 is 2.72 bits per heavy atom. The van der Waals surface area contributed by atoms with Crippen LogP contribution in [0.1, 0.15) is 30.1 Å². The molecular weight excluding hydrogens is 356 g/mol. The van der Waals surface area contributed by atoms with Crippen LogP contribution in [0.15, 0.2) is 79.5 Å². The fraction of sp³-hybridized carbons (Fsp3) is 0.346. The maximum absolute atomic E-state index is 11.7. The van der Waals surface area contributed by atoms with Gasteiger partial charge in [0.2, 0.25) is 0 Å². The summed E-state index contributed by atoms with van der Waals surface area (Å²) < 4.78 is 1.02. The Hall–Kier alpha value is -2.49. The molecule has 1 aromatic heterocycles. The standard InChI is InChI=1S/C26H27N2O/c1-2-21-22-13-15-28(17-18-8-4-3-5-9-18)24(16-26(21,22)28)25(29)20-12-14-27-23-11-7-6-10-19(20)23/h2-12,14,21-22,24-25,29H,1,13,15-17H2/q+1/t21-,22?,24?,25?,26?,28?/m1/s1. The van der Waals surface area contributed by atoms with E-state index in [1.54, 1.807) is 0 Å². The van der Waals surface area contributed by atoms with Crippen LogP contribution < -0.4 is 0 Å². The topological polar surface area (TPSA) is 33.1 Å². The van der Waals surface area contributed by atoms with Crippen LogP contribution in [0.3, 0.4) is 0 Å². The van der Waals surface area contributed by atoms with Gasteiger partial charge in [0.05, 0.1) is 18.5 Å². The van der Waals surface area contributed by atoms with E-state index >= 15 is 0 Å². The normalized spacial score (nSPS) is 35.4. The highest BCUT2D eigenvalue weighted by atomic mass is 16.3. The van der Waals surface area contributed by atoms with Crippen molar-refractivity contribution in [2.75, 3.05) is 6.54 Å². The van der Waals surface area contributed by atoms with E-state index in [-0.39, 0.29) is 6.04 Å². The zero-order chi connectivity index (χ0) is 19.6. The molecule has 2 aromatic carbocycles. The Labute approximate surface area is 171 Å². The molecular formula is C26H27N2O+. The maximum Gasteiger partial charge on any atom is 0.132 e. The number of quaternary nitrogens is 1. The van der Waals surface area contributed by atoms with E-state index in [0.29, 0.717) is 11.5 Å². The molecule has 5 unspecified atom stereocenters. The molecule has 0 radical (unpaired) electrons. The highest BCUT2D eigenvalue weighted by Gasteiger charge is 2.87. The first-order chi connectivity index (χ1) is 14.2. The van der Waals surface area contributed by atoms with Gasteiger partial charge in [0.15, 0.2) is 0 Å². The van der Waals surface area contributed by atoms with E-state index in [4.69, 9.17) is 0 Å². The van der Waals surface area contributed by atoms with Gasteiger partial charge in [-0.25, -0.2) is 0 Å². The fourth-order valence-corrected chi connectivity index (χ4v) is 7.10. The average molecular weight is 384 g/mol. The third kappa shape index (κ3) is 2.12. The summed E-state index contributed by atoms with van der Waals surface area (Å²) in [5.74, 6) is 1.36. The second-order valence-corrected chi connectivity index (χ2v) is 9.18. The number of aliphatic hydroxyl groups excluding tert-OH is 1. The molecule has 6 atom stereocenters. The number of aromatic nitrogens is 1. The molecule has 1 N–H and O–H groups in total. The van der Waals surface area contributed by atoms with Crippen molar-refractivity contribution in [3.63, 3.8) is 0 Å². The Morgan fingerprint density at radius 1 is 1.14 bits per heavy atom. The number of nitrogens with zero attached hydrogens (tertiary/aromatic N) is 2. The summed E-state index contributed by atoms with van der Waals surface area (Å²) in [6.45, 7) is 6.31. The molecule has 2 saturated heterocycles. The number of pyridine rings is 1. The third-order valence-electron chi connectivity index (χ3n) is 8.31. The van der Waals surface area contributed by atoms with Crippen LogP contribution >= 0.6 is 0 Å². The van der Waals surface area contributed by atoms with Crippen molar-refractivity contribution >= 4 is 10.9 Å². The molecule has 3 heterocycles. The summed E-state index contributed by atoms with van der Waals surface area (Å²) in [4.78, 5) is 4.50. The van der Waals surface area contributed by atoms with Gasteiger partial charge in [-0.05, 0) is 17.7 Å². The number of piperidine rings is 1. The summed E-state index contributed by atoms with van der Waals surface area (Å²) in [5.41, 5.74) is 3.67. The van der Waals surface area contributed by atoms with Crippen molar-refractivity contribution in [2.24, 2.45) is 11.8 Å². The lowest BCUT2D eigenvalue weighted by molar-refractivity contribution is -1.03. The van der Waals surface area contributed by atoms with Crippen LogP contribution in [0.5, 0.6) is 0 Å². The summed E-state index contributed by atoms with van der Waals surface area (Å²) in [6, 6.07) is 21.2. The van der Waals surface area contributed by atoms with Gasteiger partial charge in [-0.15, -0.1) is 6.58 Å². The van der Waals surface area contributed by atoms with Gasteiger partial charge in [0, 0.05) is 35.4 Å². The van der Waals surface area contributed by atoms with E-state index in [2.05, 4.69) is 54.0 Å². The van der Waals surface area contributed by atoms with Gasteiger partial charge in [-0.2, -0.15) is 0 Å². The van der Waals surface area contributed by atoms with Gasteiger partial charge in [0.1, 0.15) is 24.2 Å². The first-order valence-corrected chi connectivity index (χ1v) is 10.8. The first-order valence-electron chi connectivity index (χ1n) is 10.8. The molecule has 1 aliphatic carbocycles. The van der Waals surface area contributed by atoms with E-state index in [1.807, 2.05) is 30.5 Å². The first kappa shape index (κ1) is 17.4. The van der Waals surface area contributed by atoms with Crippen LogP contribution in [0.25, 0.3) is 10.9 Å². The summed E-state index contributed by atoms with van der Waals surface area (Å²) in [5, 5.41) is 12.7. The number of aliphatic hydroxyl groups is 1. The molecule has 146 valence electrons. The lowest BCUT2D eigenvalue weighted by Gasteiger charge is -2.60. The minimum atomic E-state index is -0.470. The van der Waals surface area contributed by atoms with Gasteiger partial charge >= 0.3 is 0 Å². The molecule has 3 fully saturated rings. The Kier molecular flexibility index (Phi) is 3.60. The predicted molar refractivity (Wildman–Crippen MR) is 115 cm³/mol. The van der Waals surface area contributed by atoms with Crippen molar-refractivity contribution in [2.45, 2.75) is 37.1 Å². The second kappa shape index (κ2) is 6.01. The molecule has 29 heavy (non-hydrogen) atoms. The molecule has 3 aromatic rings. The monoisotopic (exact) mass is 383 g/mol. The second-order valence-electron chi connectivity index (χ2n) is 9.18. The molecule has 3 heteroatoms. The minimum Gasteiger partial charge on any atom is -0.382 e. The summed E-state index contributed by atoms with van der Waals surface area (Å²) in [6.07, 6.45) is 5.91. The molecule has 1 spiro atoms. The van der Waals surface area contributed by atoms with Crippen LogP contribution in [0.4, 0.5) is 0 Å². The number of para-hydroxylation sites is 1. The number of rotatable bonds is 5. The lowest BCUT2D eigenvalue weighted by Crippen LogP contribution is -2.73. The smallest absolute Gasteiger partial charge is 0.132 e. The van der Waals surface area contributed by atoms with E-state index in [0.717, 1.165) is 46.4 Å². The van der Waals surface area contributed by atoms with Crippen LogP contribution in [-0.4, -0.2) is 32.7 Å². The predicted octanol–water partition coefficient (Wildman–Crippen LogP) is 4.63. The van der Waals surface area contributed by atoms with E-state index < -0.39 is 6.10 Å². The van der Waals surface area contributed by atoms with Crippen LogP contribution in [0.2, 0.25) is 0 Å². The Morgan fingerprint density at radius 2 is 1.93 bits per heavy atom. The molecule has 3 aliphatic rings. The minimum absolute atomic E-state index is 0.232. The molecule has 6 rings (SSSR count). The Bertz CT molecular complexity index is 1090. The largest absolute Gasteiger partial charge is 0.382 e. The lowest BCUT2D eigenvalue weighted by atomic mass is 9.78. The molecule has 3 nitrogen and oxygen atoms in total. The van der Waals surface area contributed by atoms with Gasteiger partial charge in [0.25, 0.3) is 0 Å². The zero-order valence-electron chi connectivity index (χ0n) is 16.6. The molecule has 1 saturated carbocycles. The number of fused-ring (bicyclic) bond motifs is 1. The highest BCUT2D eigenvalue weighted by Crippen LogP contribution is 2.75. The fourth-order valence-electron chi connectivity index (χ4n) is 7.10. The highest BCUT2D eigenvalue weighted by molar-refractivity contribution is 5.82. The SMILES string of the molecule is C=C[C@@H]1C2CC[N+]3(Cc4ccccc4)C(C(O)c4ccnc5ccccc45)CC213. The van der Waals surface area contributed by atoms with E-state index in [1.165, 1.54) is 12.0 Å². The van der Waals surface area contributed by atoms with Crippen molar-refractivity contribution in [3.8, 4) is 0 Å². The van der Waals surface area contributed by atoms with Crippen LogP contribution in [0, 0.1) is 11.8 Å². The molecule has 0 amide bonds.